The van der Waals surface area contributed by atoms with Gasteiger partial charge in [0.25, 0.3) is 0 Å². The van der Waals surface area contributed by atoms with Crippen LogP contribution in [0, 0.1) is 23.7 Å². The van der Waals surface area contributed by atoms with Crippen molar-refractivity contribution in [1.82, 2.24) is 0 Å². The van der Waals surface area contributed by atoms with Gasteiger partial charge in [0.05, 0.1) is 11.4 Å². The molecule has 4 bridgehead atoms. The molecule has 6 nitrogen and oxygen atoms in total. The zero-order valence-electron chi connectivity index (χ0n) is 19.2. The van der Waals surface area contributed by atoms with Crippen LogP contribution in [0.2, 0.25) is 0 Å². The second-order valence-corrected chi connectivity index (χ2v) is 10.5. The van der Waals surface area contributed by atoms with Gasteiger partial charge in [-0.3, -0.25) is 0 Å². The number of rotatable bonds is 5. The molecule has 0 aromatic heterocycles. The average Bonchev–Trinajstić information content (AvgIpc) is 2.78. The SMILES string of the molecule is Nc1ccc(Oc2ccc(Oc3ccc(N)cc3N)c(C3C4CC5CC(C4)CC3C5)c2)c(N)c1. The lowest BCUT2D eigenvalue weighted by molar-refractivity contribution is -0.00339. The molecule has 7 rings (SSSR count). The minimum atomic E-state index is 0.463. The van der Waals surface area contributed by atoms with Crippen molar-refractivity contribution in [1.29, 1.82) is 0 Å². The third-order valence-corrected chi connectivity index (χ3v) is 8.08. The first-order valence-electron chi connectivity index (χ1n) is 12.2. The second kappa shape index (κ2) is 8.05. The molecule has 34 heavy (non-hydrogen) atoms. The monoisotopic (exact) mass is 456 g/mol. The Morgan fingerprint density at radius 2 is 1.09 bits per heavy atom. The number of nitrogen functional groups attached to an aromatic ring is 4. The summed E-state index contributed by atoms with van der Waals surface area (Å²) in [7, 11) is 0. The van der Waals surface area contributed by atoms with E-state index in [1.165, 1.54) is 37.7 Å². The topological polar surface area (TPSA) is 123 Å². The minimum absolute atomic E-state index is 0.463. The van der Waals surface area contributed by atoms with Crippen LogP contribution in [0.3, 0.4) is 0 Å². The van der Waals surface area contributed by atoms with E-state index < -0.39 is 0 Å². The highest BCUT2D eigenvalue weighted by Crippen LogP contribution is 2.61. The molecular formula is C28H32N4O2. The van der Waals surface area contributed by atoms with Gasteiger partial charge in [0, 0.05) is 16.9 Å². The molecule has 4 aliphatic carbocycles. The maximum absolute atomic E-state index is 6.42. The van der Waals surface area contributed by atoms with Crippen molar-refractivity contribution in [3.63, 3.8) is 0 Å². The molecule has 4 aliphatic rings. The number of anilines is 4. The first-order valence-corrected chi connectivity index (χ1v) is 12.2. The van der Waals surface area contributed by atoms with Crippen LogP contribution in [-0.2, 0) is 0 Å². The van der Waals surface area contributed by atoms with Gasteiger partial charge in [0.15, 0.2) is 0 Å². The highest BCUT2D eigenvalue weighted by Gasteiger charge is 2.49. The summed E-state index contributed by atoms with van der Waals surface area (Å²) in [6, 6.07) is 16.8. The van der Waals surface area contributed by atoms with Crippen LogP contribution in [0.25, 0.3) is 0 Å². The van der Waals surface area contributed by atoms with Crippen LogP contribution in [-0.4, -0.2) is 0 Å². The van der Waals surface area contributed by atoms with Crippen molar-refractivity contribution in [2.45, 2.75) is 38.0 Å². The molecular weight excluding hydrogens is 424 g/mol. The lowest BCUT2D eigenvalue weighted by Gasteiger charge is -2.54. The summed E-state index contributed by atoms with van der Waals surface area (Å²) in [5.41, 5.74) is 27.6. The third-order valence-electron chi connectivity index (χ3n) is 8.08. The Morgan fingerprint density at radius 3 is 1.65 bits per heavy atom. The Balaban J connectivity index is 1.38. The number of hydrogen-bond acceptors (Lipinski definition) is 6. The summed E-state index contributed by atoms with van der Waals surface area (Å²) >= 11 is 0. The Labute approximate surface area is 200 Å². The van der Waals surface area contributed by atoms with Crippen molar-refractivity contribution in [2.24, 2.45) is 23.7 Å². The standard InChI is InChI=1S/C28H32N4O2/c29-19-1-4-26(23(31)12-19)33-21-3-6-25(34-27-5-2-20(30)13-24(27)32)22(14-21)28-17-8-15-7-16(10-17)11-18(28)9-15/h1-6,12-18,28H,7-11,29-32H2. The molecule has 4 fully saturated rings. The number of hydrogen-bond donors (Lipinski definition) is 4. The fourth-order valence-corrected chi connectivity index (χ4v) is 6.94. The summed E-state index contributed by atoms with van der Waals surface area (Å²) < 4.78 is 12.6. The summed E-state index contributed by atoms with van der Waals surface area (Å²) in [5, 5.41) is 0. The van der Waals surface area contributed by atoms with Gasteiger partial charge in [-0.05, 0) is 116 Å². The predicted octanol–water partition coefficient (Wildman–Crippen LogP) is 6.14. The molecule has 3 aromatic rings. The van der Waals surface area contributed by atoms with Crippen molar-refractivity contribution in [3.05, 3.63) is 60.2 Å². The Bertz CT molecular complexity index is 1210. The number of benzene rings is 3. The van der Waals surface area contributed by atoms with E-state index in [1.807, 2.05) is 30.3 Å². The summed E-state index contributed by atoms with van der Waals surface area (Å²) in [6.07, 6.45) is 6.69. The Kier molecular flexibility index (Phi) is 4.97. The number of nitrogens with two attached hydrogens (primary N) is 4. The van der Waals surface area contributed by atoms with E-state index in [0.29, 0.717) is 52.0 Å². The fraction of sp³-hybridized carbons (Fsp3) is 0.357. The molecule has 0 radical (unpaired) electrons. The van der Waals surface area contributed by atoms with Crippen molar-refractivity contribution < 1.29 is 9.47 Å². The van der Waals surface area contributed by atoms with E-state index in [2.05, 4.69) is 6.07 Å². The van der Waals surface area contributed by atoms with Gasteiger partial charge in [-0.25, -0.2) is 0 Å². The molecule has 4 saturated carbocycles. The van der Waals surface area contributed by atoms with Gasteiger partial charge in [-0.15, -0.1) is 0 Å². The van der Waals surface area contributed by atoms with Gasteiger partial charge in [-0.1, -0.05) is 0 Å². The van der Waals surface area contributed by atoms with E-state index >= 15 is 0 Å². The normalized spacial score (nSPS) is 27.0. The summed E-state index contributed by atoms with van der Waals surface area (Å²) in [5.74, 6) is 6.44. The molecule has 0 unspecified atom stereocenters. The van der Waals surface area contributed by atoms with Crippen LogP contribution in [0.15, 0.2) is 54.6 Å². The van der Waals surface area contributed by atoms with Gasteiger partial charge in [0.2, 0.25) is 0 Å². The highest BCUT2D eigenvalue weighted by molar-refractivity contribution is 5.63. The molecule has 0 atom stereocenters. The Morgan fingerprint density at radius 1 is 0.559 bits per heavy atom. The van der Waals surface area contributed by atoms with Gasteiger partial charge in [0.1, 0.15) is 23.0 Å². The Hall–Kier alpha value is -3.54. The molecule has 0 saturated heterocycles. The lowest BCUT2D eigenvalue weighted by atomic mass is 9.50. The van der Waals surface area contributed by atoms with Crippen LogP contribution in [0.5, 0.6) is 23.0 Å². The van der Waals surface area contributed by atoms with E-state index in [0.717, 1.165) is 23.3 Å². The molecule has 0 heterocycles. The van der Waals surface area contributed by atoms with Crippen LogP contribution < -0.4 is 32.4 Å². The van der Waals surface area contributed by atoms with Crippen LogP contribution in [0.4, 0.5) is 22.7 Å². The number of ether oxygens (including phenoxy) is 2. The van der Waals surface area contributed by atoms with Gasteiger partial charge >= 0.3 is 0 Å². The van der Waals surface area contributed by atoms with E-state index in [4.69, 9.17) is 32.4 Å². The van der Waals surface area contributed by atoms with Gasteiger partial charge in [-0.2, -0.15) is 0 Å². The third kappa shape index (κ3) is 3.77. The van der Waals surface area contributed by atoms with Crippen molar-refractivity contribution in [2.75, 3.05) is 22.9 Å². The lowest BCUT2D eigenvalue weighted by Crippen LogP contribution is -2.43. The minimum Gasteiger partial charge on any atom is -0.455 e. The molecule has 6 heteroatoms. The maximum Gasteiger partial charge on any atom is 0.150 e. The first-order chi connectivity index (χ1) is 16.4. The van der Waals surface area contributed by atoms with E-state index in [1.54, 1.807) is 18.2 Å². The molecule has 0 spiro atoms. The average molecular weight is 457 g/mol. The molecule has 8 N–H and O–H groups in total. The first kappa shape index (κ1) is 21.0. The zero-order chi connectivity index (χ0) is 23.4. The highest BCUT2D eigenvalue weighted by atomic mass is 16.5. The van der Waals surface area contributed by atoms with Crippen LogP contribution >= 0.6 is 0 Å². The maximum atomic E-state index is 6.42. The predicted molar refractivity (Wildman–Crippen MR) is 137 cm³/mol. The fourth-order valence-electron chi connectivity index (χ4n) is 6.94. The van der Waals surface area contributed by atoms with Crippen LogP contribution in [0.1, 0.15) is 43.6 Å². The quantitative estimate of drug-likeness (QED) is 0.342. The van der Waals surface area contributed by atoms with Crippen molar-refractivity contribution in [3.8, 4) is 23.0 Å². The zero-order valence-corrected chi connectivity index (χ0v) is 19.2. The smallest absolute Gasteiger partial charge is 0.150 e. The molecule has 176 valence electrons. The summed E-state index contributed by atoms with van der Waals surface area (Å²) in [4.78, 5) is 0. The van der Waals surface area contributed by atoms with E-state index in [9.17, 15) is 0 Å². The molecule has 3 aromatic carbocycles. The largest absolute Gasteiger partial charge is 0.455 e. The second-order valence-electron chi connectivity index (χ2n) is 10.5. The van der Waals surface area contributed by atoms with Gasteiger partial charge < -0.3 is 32.4 Å². The van der Waals surface area contributed by atoms with E-state index in [-0.39, 0.29) is 0 Å². The van der Waals surface area contributed by atoms with Crippen molar-refractivity contribution >= 4 is 22.7 Å². The summed E-state index contributed by atoms with van der Waals surface area (Å²) in [6.45, 7) is 0. The molecule has 0 aliphatic heterocycles. The molecule has 0 amide bonds.